The number of halogens is 2. The molecule has 4 aromatic rings. The van der Waals surface area contributed by atoms with Crippen LogP contribution in [0.2, 0.25) is 0 Å². The van der Waals surface area contributed by atoms with Gasteiger partial charge in [-0.2, -0.15) is 8.42 Å². The number of carbonyl (C=O) groups excluding carboxylic acids is 2. The number of Topliss-reactive ketones (excluding diaryl/α,β-unsaturated/α-hetero) is 2. The first kappa shape index (κ1) is 35.0. The highest BCUT2D eigenvalue weighted by atomic mass is 32.2. The first-order valence-corrected chi connectivity index (χ1v) is 16.9. The fraction of sp³-hybridized carbons (Fsp3) is 0.367. The quantitative estimate of drug-likeness (QED) is 0.0755. The summed E-state index contributed by atoms with van der Waals surface area (Å²) in [5.41, 5.74) is -1.29. The molecule has 0 radical (unpaired) electrons. The third-order valence-electron chi connectivity index (χ3n) is 6.90. The average Bonchev–Trinajstić information content (AvgIpc) is 3.62. The Balaban J connectivity index is 1.45. The van der Waals surface area contributed by atoms with Crippen molar-refractivity contribution in [1.29, 1.82) is 0 Å². The summed E-state index contributed by atoms with van der Waals surface area (Å²) in [6.07, 6.45) is -0.566. The Morgan fingerprint density at radius 1 is 0.826 bits per heavy atom. The standard InChI is InChI=1S/C30H30F2O11S3/c1-30(2,29(35)36)14-18(34)24-11-16-22(45-24)13-20(41-4)28(26(16)32)43-8-5-7-42-27-19(40-3)12-21-15(25(27)31)10-23(44-21)17(33)6-9-46(37,38)39/h10-13H,5-9,14H2,1-4H3,(H,35,36)(H,37,38,39). The second kappa shape index (κ2) is 13.9. The van der Waals surface area contributed by atoms with Crippen LogP contribution in [0.1, 0.15) is 52.5 Å². The molecule has 46 heavy (non-hydrogen) atoms. The first-order valence-electron chi connectivity index (χ1n) is 13.7. The highest BCUT2D eigenvalue weighted by Gasteiger charge is 2.31. The molecule has 0 atom stereocenters. The zero-order chi connectivity index (χ0) is 34.0. The van der Waals surface area contributed by atoms with Gasteiger partial charge >= 0.3 is 5.97 Å². The van der Waals surface area contributed by atoms with Gasteiger partial charge in [-0.05, 0) is 26.0 Å². The fourth-order valence-electron chi connectivity index (χ4n) is 4.36. The van der Waals surface area contributed by atoms with Crippen molar-refractivity contribution < 1.29 is 60.2 Å². The summed E-state index contributed by atoms with van der Waals surface area (Å²) in [5, 5.41) is 9.51. The predicted molar refractivity (Wildman–Crippen MR) is 168 cm³/mol. The fourth-order valence-corrected chi connectivity index (χ4v) is 6.88. The SMILES string of the molecule is COc1cc2sc(C(=O)CCS(=O)(=O)O)cc2c(F)c1OCCCOc1c(OC)cc2sc(C(=O)CC(C)(C)C(=O)O)cc2c1F. The minimum Gasteiger partial charge on any atom is -0.493 e. The zero-order valence-electron chi connectivity index (χ0n) is 25.1. The van der Waals surface area contributed by atoms with Crippen molar-refractivity contribution in [1.82, 2.24) is 0 Å². The van der Waals surface area contributed by atoms with Gasteiger partial charge < -0.3 is 24.1 Å². The van der Waals surface area contributed by atoms with E-state index in [4.69, 9.17) is 23.5 Å². The molecule has 2 N–H and O–H groups in total. The third-order valence-corrected chi connectivity index (χ3v) is 9.87. The number of ketones is 2. The number of fused-ring (bicyclic) bond motifs is 2. The van der Waals surface area contributed by atoms with Crippen LogP contribution in [0.4, 0.5) is 8.78 Å². The Bertz CT molecular complexity index is 1930. The van der Waals surface area contributed by atoms with Crippen molar-refractivity contribution in [2.24, 2.45) is 5.41 Å². The third kappa shape index (κ3) is 7.74. The van der Waals surface area contributed by atoms with E-state index in [1.807, 2.05) is 0 Å². The molecule has 0 bridgehead atoms. The number of ether oxygens (including phenoxy) is 4. The molecule has 0 aliphatic rings. The van der Waals surface area contributed by atoms with Crippen molar-refractivity contribution in [3.63, 3.8) is 0 Å². The Kier molecular flexibility index (Phi) is 10.6. The summed E-state index contributed by atoms with van der Waals surface area (Å²) in [4.78, 5) is 36.9. The number of hydrogen-bond donors (Lipinski definition) is 2. The molecule has 4 rings (SSSR count). The van der Waals surface area contributed by atoms with Crippen LogP contribution in [0.15, 0.2) is 24.3 Å². The van der Waals surface area contributed by atoms with Crippen molar-refractivity contribution >= 4 is 70.5 Å². The van der Waals surface area contributed by atoms with Gasteiger partial charge in [-0.1, -0.05) is 0 Å². The van der Waals surface area contributed by atoms with E-state index in [2.05, 4.69) is 0 Å². The number of rotatable bonds is 16. The molecule has 0 saturated carbocycles. The second-order valence-corrected chi connectivity index (χ2v) is 14.5. The van der Waals surface area contributed by atoms with Gasteiger partial charge in [0.1, 0.15) is 0 Å². The average molecular weight is 701 g/mol. The summed E-state index contributed by atoms with van der Waals surface area (Å²) in [7, 11) is -1.70. The number of benzene rings is 2. The van der Waals surface area contributed by atoms with E-state index in [1.165, 1.54) is 52.3 Å². The largest absolute Gasteiger partial charge is 0.493 e. The Morgan fingerprint density at radius 2 is 1.28 bits per heavy atom. The number of carboxylic acid groups (broad SMARTS) is 1. The Labute approximate surface area is 270 Å². The number of carbonyl (C=O) groups is 3. The predicted octanol–water partition coefficient (Wildman–Crippen LogP) is 6.40. The highest BCUT2D eigenvalue weighted by molar-refractivity contribution is 7.85. The Morgan fingerprint density at radius 3 is 1.70 bits per heavy atom. The minimum atomic E-state index is -4.34. The molecule has 2 aromatic carbocycles. The topological polar surface area (TPSA) is 163 Å². The van der Waals surface area contributed by atoms with Crippen molar-refractivity contribution in [2.45, 2.75) is 33.1 Å². The van der Waals surface area contributed by atoms with Crippen LogP contribution in [-0.2, 0) is 14.9 Å². The van der Waals surface area contributed by atoms with Crippen LogP contribution in [0.25, 0.3) is 20.2 Å². The summed E-state index contributed by atoms with van der Waals surface area (Å²) in [6.45, 7) is 2.72. The molecule has 0 spiro atoms. The van der Waals surface area contributed by atoms with E-state index >= 15 is 8.78 Å². The maximum absolute atomic E-state index is 15.5. The number of thiophene rings is 2. The smallest absolute Gasteiger partial charge is 0.309 e. The highest BCUT2D eigenvalue weighted by Crippen LogP contribution is 2.42. The number of aliphatic carboxylic acids is 1. The maximum Gasteiger partial charge on any atom is 0.309 e. The number of hydrogen-bond acceptors (Lipinski definition) is 11. The van der Waals surface area contributed by atoms with Gasteiger partial charge in [-0.25, -0.2) is 8.78 Å². The van der Waals surface area contributed by atoms with Gasteiger partial charge in [-0.3, -0.25) is 18.9 Å². The summed E-state index contributed by atoms with van der Waals surface area (Å²) < 4.78 is 84.5. The minimum absolute atomic E-state index is 0.0532. The molecule has 248 valence electrons. The molecule has 2 aromatic heterocycles. The Hall–Kier alpha value is -3.86. The summed E-state index contributed by atoms with van der Waals surface area (Å²) in [5.74, 6) is -4.75. The van der Waals surface area contributed by atoms with Gasteiger partial charge in [0.2, 0.25) is 0 Å². The molecule has 2 heterocycles. The van der Waals surface area contributed by atoms with Crippen LogP contribution in [0.3, 0.4) is 0 Å². The van der Waals surface area contributed by atoms with E-state index in [-0.39, 0.29) is 69.6 Å². The molecule has 11 nitrogen and oxygen atoms in total. The van der Waals surface area contributed by atoms with Gasteiger partial charge in [0.25, 0.3) is 10.1 Å². The molecule has 16 heteroatoms. The van der Waals surface area contributed by atoms with Crippen LogP contribution < -0.4 is 18.9 Å². The second-order valence-electron chi connectivity index (χ2n) is 10.8. The van der Waals surface area contributed by atoms with E-state index in [9.17, 15) is 27.9 Å². The molecular formula is C30H30F2O11S3. The van der Waals surface area contributed by atoms with Crippen molar-refractivity contribution in [3.8, 4) is 23.0 Å². The lowest BCUT2D eigenvalue weighted by atomic mass is 9.87. The van der Waals surface area contributed by atoms with Crippen LogP contribution in [0, 0.1) is 17.0 Å². The molecular weight excluding hydrogens is 671 g/mol. The van der Waals surface area contributed by atoms with E-state index in [0.29, 0.717) is 9.40 Å². The molecule has 0 aliphatic carbocycles. The van der Waals surface area contributed by atoms with E-state index < -0.39 is 56.9 Å². The van der Waals surface area contributed by atoms with Crippen molar-refractivity contribution in [3.05, 3.63) is 45.7 Å². The number of carboxylic acids is 1. The first-order chi connectivity index (χ1) is 21.6. The normalized spacial score (nSPS) is 12.0. The van der Waals surface area contributed by atoms with Gasteiger partial charge in [-0.15, -0.1) is 22.7 Å². The molecule has 0 saturated heterocycles. The number of methoxy groups -OCH3 is 2. The molecule has 0 aliphatic heterocycles. The lowest BCUT2D eigenvalue weighted by Crippen LogP contribution is -2.26. The molecule has 0 unspecified atom stereocenters. The zero-order valence-corrected chi connectivity index (χ0v) is 27.6. The van der Waals surface area contributed by atoms with Crippen molar-refractivity contribution in [2.75, 3.05) is 33.2 Å². The lowest BCUT2D eigenvalue weighted by molar-refractivity contribution is -0.146. The monoisotopic (exact) mass is 700 g/mol. The van der Waals surface area contributed by atoms with Crippen LogP contribution >= 0.6 is 22.7 Å². The lowest BCUT2D eigenvalue weighted by Gasteiger charge is -2.16. The van der Waals surface area contributed by atoms with E-state index in [0.717, 1.165) is 22.7 Å². The molecule has 0 amide bonds. The van der Waals surface area contributed by atoms with Crippen LogP contribution in [-0.4, -0.2) is 68.8 Å². The van der Waals surface area contributed by atoms with Gasteiger partial charge in [0.05, 0.1) is 48.4 Å². The van der Waals surface area contributed by atoms with Crippen LogP contribution in [0.5, 0.6) is 23.0 Å². The summed E-state index contributed by atoms with van der Waals surface area (Å²) in [6, 6.07) is 5.63. The van der Waals surface area contributed by atoms with E-state index in [1.54, 1.807) is 0 Å². The maximum atomic E-state index is 15.5. The summed E-state index contributed by atoms with van der Waals surface area (Å²) >= 11 is 1.95. The van der Waals surface area contributed by atoms with Gasteiger partial charge in [0.15, 0.2) is 46.2 Å². The van der Waals surface area contributed by atoms with Gasteiger partial charge in [0, 0.05) is 51.6 Å². The molecule has 0 fully saturated rings.